The Bertz CT molecular complexity index is 1800. The summed E-state index contributed by atoms with van der Waals surface area (Å²) in [7, 11) is 2.77. The number of ether oxygens (including phenoxy) is 2. The van der Waals surface area contributed by atoms with Crippen LogP contribution in [-0.2, 0) is 9.53 Å². The van der Waals surface area contributed by atoms with E-state index in [-0.39, 0.29) is 11.2 Å². The Morgan fingerprint density at radius 1 is 1.18 bits per heavy atom. The van der Waals surface area contributed by atoms with Crippen molar-refractivity contribution >= 4 is 29.1 Å². The number of hydrogen-bond donors (Lipinski definition) is 0. The van der Waals surface area contributed by atoms with Crippen molar-refractivity contribution in [3.63, 3.8) is 0 Å². The number of carbonyl (C=O) groups excluding carboxylic acids is 1. The number of methoxy groups -OCH3 is 2. The van der Waals surface area contributed by atoms with Gasteiger partial charge in [0.2, 0.25) is 0 Å². The molecule has 3 heterocycles. The summed E-state index contributed by atoms with van der Waals surface area (Å²) in [4.78, 5) is 42.5. The fourth-order valence-corrected chi connectivity index (χ4v) is 5.52. The number of aromatic nitrogens is 1. The van der Waals surface area contributed by atoms with E-state index >= 15 is 0 Å². The molecule has 0 saturated carbocycles. The molecule has 198 valence electrons. The van der Waals surface area contributed by atoms with Crippen LogP contribution in [0.15, 0.2) is 86.1 Å². The van der Waals surface area contributed by atoms with E-state index in [1.54, 1.807) is 18.2 Å². The number of fused-ring (bicyclic) bond motifs is 1. The fourth-order valence-electron chi connectivity index (χ4n) is 4.52. The molecule has 39 heavy (non-hydrogen) atoms. The first kappa shape index (κ1) is 25.9. The third kappa shape index (κ3) is 4.68. The van der Waals surface area contributed by atoms with Crippen LogP contribution in [0.1, 0.15) is 30.7 Å². The van der Waals surface area contributed by atoms with Crippen LogP contribution in [0.5, 0.6) is 5.75 Å². The highest BCUT2D eigenvalue weighted by Gasteiger charge is 2.33. The lowest BCUT2D eigenvalue weighted by Crippen LogP contribution is -2.40. The van der Waals surface area contributed by atoms with Gasteiger partial charge in [0, 0.05) is 18.2 Å². The third-order valence-corrected chi connectivity index (χ3v) is 7.31. The summed E-state index contributed by atoms with van der Waals surface area (Å²) in [6.07, 6.45) is 2.07. The molecule has 2 aromatic carbocycles. The topological polar surface area (TPSA) is 126 Å². The number of non-ortho nitro benzene ring substituents is 1. The number of rotatable bonds is 7. The largest absolute Gasteiger partial charge is 0.496 e. The normalized spacial score (nSPS) is 15.1. The van der Waals surface area contributed by atoms with Crippen LogP contribution in [-0.4, -0.2) is 29.7 Å². The first-order valence-corrected chi connectivity index (χ1v) is 12.8. The van der Waals surface area contributed by atoms with Gasteiger partial charge in [-0.05, 0) is 30.2 Å². The van der Waals surface area contributed by atoms with Crippen molar-refractivity contribution < 1.29 is 23.6 Å². The Balaban J connectivity index is 1.65. The first-order chi connectivity index (χ1) is 18.9. The number of nitro groups is 1. The van der Waals surface area contributed by atoms with E-state index in [4.69, 9.17) is 13.9 Å². The molecule has 10 nitrogen and oxygen atoms in total. The molecule has 0 saturated heterocycles. The summed E-state index contributed by atoms with van der Waals surface area (Å²) in [5, 5.41) is 11.3. The molecule has 0 aliphatic carbocycles. The Morgan fingerprint density at radius 3 is 2.62 bits per heavy atom. The second kappa shape index (κ2) is 10.5. The van der Waals surface area contributed by atoms with E-state index in [2.05, 4.69) is 4.99 Å². The Morgan fingerprint density at radius 2 is 1.95 bits per heavy atom. The van der Waals surface area contributed by atoms with Crippen molar-refractivity contribution in [1.82, 2.24) is 4.57 Å². The van der Waals surface area contributed by atoms with Crippen molar-refractivity contribution in [2.24, 2.45) is 4.99 Å². The maximum Gasteiger partial charge on any atom is 0.338 e. The maximum atomic E-state index is 13.7. The maximum absolute atomic E-state index is 13.7. The van der Waals surface area contributed by atoms with Gasteiger partial charge in [-0.2, -0.15) is 0 Å². The SMILES string of the molecule is CCC1=C(C(=O)OC)[C@@H](c2ccccc2)n2c(s/c(=C/c3ccc(-c4cc([N+](=O)[O-])ccc4OC)o3)c2=O)=N1. The molecule has 1 atom stereocenters. The van der Waals surface area contributed by atoms with E-state index in [9.17, 15) is 19.7 Å². The van der Waals surface area contributed by atoms with Crippen molar-refractivity contribution in [2.75, 3.05) is 14.2 Å². The van der Waals surface area contributed by atoms with Crippen LogP contribution in [0.2, 0.25) is 0 Å². The molecule has 0 amide bonds. The van der Waals surface area contributed by atoms with Crippen LogP contribution in [0.3, 0.4) is 0 Å². The third-order valence-electron chi connectivity index (χ3n) is 6.33. The fraction of sp³-hybridized carbons (Fsp3) is 0.179. The van der Waals surface area contributed by atoms with Gasteiger partial charge in [0.1, 0.15) is 17.3 Å². The smallest absolute Gasteiger partial charge is 0.338 e. The molecule has 2 aromatic heterocycles. The van der Waals surface area contributed by atoms with Crippen LogP contribution in [0.4, 0.5) is 5.69 Å². The molecule has 1 aliphatic heterocycles. The first-order valence-electron chi connectivity index (χ1n) is 12.0. The number of thiazole rings is 1. The van der Waals surface area contributed by atoms with E-state index in [0.29, 0.717) is 49.9 Å². The summed E-state index contributed by atoms with van der Waals surface area (Å²) in [6, 6.07) is 16.1. The minimum absolute atomic E-state index is 0.105. The van der Waals surface area contributed by atoms with Gasteiger partial charge in [0.05, 0.1) is 46.6 Å². The second-order valence-corrected chi connectivity index (χ2v) is 9.55. The van der Waals surface area contributed by atoms with Gasteiger partial charge in [-0.1, -0.05) is 48.6 Å². The lowest BCUT2D eigenvalue weighted by molar-refractivity contribution is -0.384. The number of nitrogens with zero attached hydrogens (tertiary/aromatic N) is 3. The van der Waals surface area contributed by atoms with E-state index in [1.165, 1.54) is 48.3 Å². The van der Waals surface area contributed by atoms with Gasteiger partial charge in [-0.25, -0.2) is 9.79 Å². The zero-order valence-electron chi connectivity index (χ0n) is 21.2. The highest BCUT2D eigenvalue weighted by molar-refractivity contribution is 7.07. The highest BCUT2D eigenvalue weighted by atomic mass is 32.1. The van der Waals surface area contributed by atoms with Crippen molar-refractivity contribution in [3.8, 4) is 17.1 Å². The molecular formula is C28H23N3O7S. The van der Waals surface area contributed by atoms with Gasteiger partial charge in [-0.15, -0.1) is 0 Å². The van der Waals surface area contributed by atoms with Gasteiger partial charge < -0.3 is 13.9 Å². The van der Waals surface area contributed by atoms with Crippen LogP contribution >= 0.6 is 11.3 Å². The van der Waals surface area contributed by atoms with Gasteiger partial charge in [0.25, 0.3) is 11.2 Å². The number of carbonyl (C=O) groups is 1. The van der Waals surface area contributed by atoms with Crippen LogP contribution in [0.25, 0.3) is 17.4 Å². The van der Waals surface area contributed by atoms with Gasteiger partial charge in [0.15, 0.2) is 4.80 Å². The van der Waals surface area contributed by atoms with E-state index < -0.39 is 16.9 Å². The molecule has 0 bridgehead atoms. The minimum Gasteiger partial charge on any atom is -0.496 e. The Labute approximate surface area is 225 Å². The van der Waals surface area contributed by atoms with Gasteiger partial charge in [-0.3, -0.25) is 19.5 Å². The lowest BCUT2D eigenvalue weighted by Gasteiger charge is -2.25. The number of hydrogen-bond acceptors (Lipinski definition) is 9. The van der Waals surface area contributed by atoms with Crippen molar-refractivity contribution in [1.29, 1.82) is 0 Å². The summed E-state index contributed by atoms with van der Waals surface area (Å²) in [5.74, 6) is 0.576. The average Bonchev–Trinajstić information content (AvgIpc) is 3.55. The molecule has 0 fully saturated rings. The molecule has 4 aromatic rings. The van der Waals surface area contributed by atoms with Crippen molar-refractivity contribution in [3.05, 3.63) is 113 Å². The van der Waals surface area contributed by atoms with Crippen LogP contribution in [0, 0.1) is 10.1 Å². The van der Waals surface area contributed by atoms with Gasteiger partial charge >= 0.3 is 5.97 Å². The molecule has 11 heteroatoms. The molecule has 0 unspecified atom stereocenters. The monoisotopic (exact) mass is 545 g/mol. The number of furan rings is 1. The minimum atomic E-state index is -0.701. The number of esters is 1. The Hall–Kier alpha value is -4.77. The zero-order valence-corrected chi connectivity index (χ0v) is 22.1. The molecule has 0 radical (unpaired) electrons. The Kier molecular flexibility index (Phi) is 6.99. The predicted octanol–water partition coefficient (Wildman–Crippen LogP) is 3.98. The zero-order chi connectivity index (χ0) is 27.7. The number of benzene rings is 2. The van der Waals surface area contributed by atoms with E-state index in [0.717, 1.165) is 5.56 Å². The standard InChI is InChI=1S/C28H23N3O7S/c1-4-20-24(27(33)37-3)25(16-8-6-5-7-9-16)30-26(32)23(39-28(30)29-20)15-18-11-13-22(38-18)19-14-17(31(34)35)10-12-21(19)36-2/h5-15,25H,4H2,1-3H3/b23-15+/t25-/m1/s1. The highest BCUT2D eigenvalue weighted by Crippen LogP contribution is 2.35. The molecule has 0 N–H and O–H groups in total. The lowest BCUT2D eigenvalue weighted by atomic mass is 9.95. The summed E-state index contributed by atoms with van der Waals surface area (Å²) in [6.45, 7) is 1.89. The number of nitro benzene ring substituents is 1. The average molecular weight is 546 g/mol. The summed E-state index contributed by atoms with van der Waals surface area (Å²) < 4.78 is 18.2. The molecule has 1 aliphatic rings. The molecule has 5 rings (SSSR count). The summed E-state index contributed by atoms with van der Waals surface area (Å²) >= 11 is 1.18. The summed E-state index contributed by atoms with van der Waals surface area (Å²) in [5.41, 5.74) is 1.60. The number of allylic oxidation sites excluding steroid dienone is 1. The second-order valence-electron chi connectivity index (χ2n) is 8.54. The molecular weight excluding hydrogens is 522 g/mol. The van der Waals surface area contributed by atoms with E-state index in [1.807, 2.05) is 37.3 Å². The quantitative estimate of drug-likeness (QED) is 0.195. The van der Waals surface area contributed by atoms with Crippen molar-refractivity contribution in [2.45, 2.75) is 19.4 Å². The predicted molar refractivity (Wildman–Crippen MR) is 144 cm³/mol. The van der Waals surface area contributed by atoms with Crippen LogP contribution < -0.4 is 19.6 Å². The molecule has 0 spiro atoms.